The van der Waals surface area contributed by atoms with Gasteiger partial charge in [-0.1, -0.05) is 36.4 Å². The van der Waals surface area contributed by atoms with E-state index in [-0.39, 0.29) is 0 Å². The fourth-order valence-electron chi connectivity index (χ4n) is 2.94. The summed E-state index contributed by atoms with van der Waals surface area (Å²) in [5.41, 5.74) is 5.86. The van der Waals surface area contributed by atoms with Gasteiger partial charge in [-0.05, 0) is 36.2 Å². The first-order valence-electron chi connectivity index (χ1n) is 6.62. The first kappa shape index (κ1) is 12.6. The maximum absolute atomic E-state index is 11.4. The van der Waals surface area contributed by atoms with Crippen LogP contribution < -0.4 is 0 Å². The molecule has 3 heteroatoms. The van der Waals surface area contributed by atoms with E-state index in [0.29, 0.717) is 5.69 Å². The zero-order valence-electron chi connectivity index (χ0n) is 11.8. The van der Waals surface area contributed by atoms with E-state index in [2.05, 4.69) is 35.7 Å². The van der Waals surface area contributed by atoms with Gasteiger partial charge in [0.25, 0.3) is 0 Å². The van der Waals surface area contributed by atoms with Crippen molar-refractivity contribution in [2.45, 2.75) is 13.8 Å². The second-order valence-corrected chi connectivity index (χ2v) is 5.13. The molecule has 0 saturated heterocycles. The van der Waals surface area contributed by atoms with Gasteiger partial charge < -0.3 is 4.57 Å². The lowest BCUT2D eigenvalue weighted by Gasteiger charge is -2.11. The van der Waals surface area contributed by atoms with E-state index >= 15 is 0 Å². The topological polar surface area (TPSA) is 34.4 Å². The van der Waals surface area contributed by atoms with E-state index in [4.69, 9.17) is 0 Å². The highest BCUT2D eigenvalue weighted by atomic mass is 16.3. The van der Waals surface area contributed by atoms with Gasteiger partial charge in [0.15, 0.2) is 0 Å². The number of nitrogens with zero attached hydrogens (tertiary/aromatic N) is 2. The fourth-order valence-corrected chi connectivity index (χ4v) is 2.94. The lowest BCUT2D eigenvalue weighted by Crippen LogP contribution is -1.95. The van der Waals surface area contributed by atoms with Gasteiger partial charge in [-0.3, -0.25) is 0 Å². The predicted molar refractivity (Wildman–Crippen MR) is 83.3 cm³/mol. The fraction of sp³-hybridized carbons (Fsp3) is 0.176. The molecule has 0 aliphatic rings. The van der Waals surface area contributed by atoms with Crippen LogP contribution in [0.3, 0.4) is 0 Å². The number of rotatable bonds is 2. The predicted octanol–water partition coefficient (Wildman–Crippen LogP) is 4.86. The Morgan fingerprint density at radius 2 is 1.60 bits per heavy atom. The first-order chi connectivity index (χ1) is 9.65. The Bertz CT molecular complexity index is 795. The standard InChI is InChI=1S/C17H16N2O/c1-11-7-6-8-12(2)15(11)17-16(18-20)13-9-4-5-10-14(13)19(17)3/h4-10H,1-3H3. The maximum atomic E-state index is 11.4. The van der Waals surface area contributed by atoms with E-state index < -0.39 is 0 Å². The number of aromatic nitrogens is 1. The highest BCUT2D eigenvalue weighted by Crippen LogP contribution is 2.41. The summed E-state index contributed by atoms with van der Waals surface area (Å²) in [6.45, 7) is 4.13. The van der Waals surface area contributed by atoms with E-state index in [0.717, 1.165) is 33.3 Å². The van der Waals surface area contributed by atoms with Gasteiger partial charge in [-0.15, -0.1) is 4.91 Å². The van der Waals surface area contributed by atoms with Crippen LogP contribution >= 0.6 is 0 Å². The van der Waals surface area contributed by atoms with Crippen LogP contribution in [0, 0.1) is 18.8 Å². The molecular weight excluding hydrogens is 248 g/mol. The van der Waals surface area contributed by atoms with Crippen LogP contribution in [-0.2, 0) is 7.05 Å². The second-order valence-electron chi connectivity index (χ2n) is 5.13. The van der Waals surface area contributed by atoms with Crippen molar-refractivity contribution in [2.75, 3.05) is 0 Å². The molecule has 0 aliphatic heterocycles. The summed E-state index contributed by atoms with van der Waals surface area (Å²) in [6, 6.07) is 14.0. The molecule has 1 heterocycles. The SMILES string of the molecule is Cc1cccc(C)c1-c1c(N=O)c2ccccc2n1C. The zero-order chi connectivity index (χ0) is 14.3. The smallest absolute Gasteiger partial charge is 0.141 e. The summed E-state index contributed by atoms with van der Waals surface area (Å²) in [5.74, 6) is 0. The summed E-state index contributed by atoms with van der Waals surface area (Å²) in [6.07, 6.45) is 0. The van der Waals surface area contributed by atoms with Crippen molar-refractivity contribution in [3.63, 3.8) is 0 Å². The average molecular weight is 264 g/mol. The minimum absolute atomic E-state index is 0.528. The number of hydrogen-bond acceptors (Lipinski definition) is 2. The van der Waals surface area contributed by atoms with Crippen LogP contribution in [0.1, 0.15) is 11.1 Å². The molecule has 0 spiro atoms. The Balaban J connectivity index is 2.48. The third-order valence-corrected chi connectivity index (χ3v) is 3.89. The Labute approximate surface area is 117 Å². The number of para-hydroxylation sites is 1. The van der Waals surface area contributed by atoms with Crippen molar-refractivity contribution in [1.29, 1.82) is 0 Å². The molecule has 20 heavy (non-hydrogen) atoms. The molecular formula is C17H16N2O. The molecule has 0 amide bonds. The van der Waals surface area contributed by atoms with Crippen LogP contribution in [0.2, 0.25) is 0 Å². The number of aryl methyl sites for hydroxylation is 3. The molecule has 0 aliphatic carbocycles. The zero-order valence-corrected chi connectivity index (χ0v) is 11.8. The molecule has 0 saturated carbocycles. The van der Waals surface area contributed by atoms with E-state index in [1.165, 1.54) is 0 Å². The van der Waals surface area contributed by atoms with Gasteiger partial charge in [-0.25, -0.2) is 0 Å². The van der Waals surface area contributed by atoms with Gasteiger partial charge >= 0.3 is 0 Å². The molecule has 2 aromatic carbocycles. The lowest BCUT2D eigenvalue weighted by atomic mass is 9.99. The highest BCUT2D eigenvalue weighted by Gasteiger charge is 2.19. The maximum Gasteiger partial charge on any atom is 0.141 e. The van der Waals surface area contributed by atoms with Crippen molar-refractivity contribution >= 4 is 16.6 Å². The van der Waals surface area contributed by atoms with Gasteiger partial charge in [0.1, 0.15) is 5.69 Å². The van der Waals surface area contributed by atoms with Crippen LogP contribution in [0.4, 0.5) is 5.69 Å². The molecule has 0 fully saturated rings. The molecule has 0 unspecified atom stereocenters. The Morgan fingerprint density at radius 3 is 2.25 bits per heavy atom. The third-order valence-electron chi connectivity index (χ3n) is 3.89. The van der Waals surface area contributed by atoms with Crippen LogP contribution in [-0.4, -0.2) is 4.57 Å². The molecule has 0 atom stereocenters. The molecule has 3 aromatic rings. The second kappa shape index (κ2) is 4.60. The van der Waals surface area contributed by atoms with E-state index in [1.54, 1.807) is 0 Å². The largest absolute Gasteiger partial charge is 0.342 e. The quantitative estimate of drug-likeness (QED) is 0.608. The Hall–Kier alpha value is -2.42. The Kier molecular flexibility index (Phi) is 2.90. The van der Waals surface area contributed by atoms with Crippen LogP contribution in [0.15, 0.2) is 47.6 Å². The van der Waals surface area contributed by atoms with Crippen molar-refractivity contribution in [3.8, 4) is 11.3 Å². The normalized spacial score (nSPS) is 10.9. The number of benzene rings is 2. The molecule has 3 nitrogen and oxygen atoms in total. The van der Waals surface area contributed by atoms with Gasteiger partial charge in [0, 0.05) is 18.0 Å². The molecule has 0 radical (unpaired) electrons. The van der Waals surface area contributed by atoms with E-state index in [1.807, 2.05) is 37.4 Å². The van der Waals surface area contributed by atoms with Crippen LogP contribution in [0.5, 0.6) is 0 Å². The average Bonchev–Trinajstić information content (AvgIpc) is 2.72. The minimum Gasteiger partial charge on any atom is -0.342 e. The van der Waals surface area contributed by atoms with Crippen molar-refractivity contribution in [1.82, 2.24) is 4.57 Å². The summed E-state index contributed by atoms with van der Waals surface area (Å²) in [5, 5.41) is 4.21. The van der Waals surface area contributed by atoms with Crippen LogP contribution in [0.25, 0.3) is 22.2 Å². The molecule has 100 valence electrons. The molecule has 0 N–H and O–H groups in total. The monoisotopic (exact) mass is 264 g/mol. The van der Waals surface area contributed by atoms with Crippen molar-refractivity contribution < 1.29 is 0 Å². The molecule has 3 rings (SSSR count). The lowest BCUT2D eigenvalue weighted by molar-refractivity contribution is 0.974. The summed E-state index contributed by atoms with van der Waals surface area (Å²) in [4.78, 5) is 11.4. The van der Waals surface area contributed by atoms with Crippen molar-refractivity contribution in [3.05, 3.63) is 58.5 Å². The van der Waals surface area contributed by atoms with E-state index in [9.17, 15) is 4.91 Å². The summed E-state index contributed by atoms with van der Waals surface area (Å²) >= 11 is 0. The first-order valence-corrected chi connectivity index (χ1v) is 6.62. The van der Waals surface area contributed by atoms with Gasteiger partial charge in [0.05, 0.1) is 11.2 Å². The third kappa shape index (κ3) is 1.67. The highest BCUT2D eigenvalue weighted by molar-refractivity contribution is 6.01. The summed E-state index contributed by atoms with van der Waals surface area (Å²) in [7, 11) is 1.98. The number of hydrogen-bond donors (Lipinski definition) is 0. The summed E-state index contributed by atoms with van der Waals surface area (Å²) < 4.78 is 2.06. The van der Waals surface area contributed by atoms with Crippen molar-refractivity contribution in [2.24, 2.45) is 12.2 Å². The number of nitroso groups, excluding NO2 is 1. The van der Waals surface area contributed by atoms with Gasteiger partial charge in [-0.2, -0.15) is 0 Å². The number of fused-ring (bicyclic) bond motifs is 1. The molecule has 1 aromatic heterocycles. The molecule has 0 bridgehead atoms. The minimum atomic E-state index is 0.528. The Morgan fingerprint density at radius 1 is 0.950 bits per heavy atom. The van der Waals surface area contributed by atoms with Gasteiger partial charge in [0.2, 0.25) is 0 Å².